The van der Waals surface area contributed by atoms with Crippen LogP contribution in [-0.2, 0) is 6.61 Å². The molecule has 0 aromatic heterocycles. The number of rotatable bonds is 4. The highest BCUT2D eigenvalue weighted by Gasteiger charge is 2.08. The Morgan fingerprint density at radius 2 is 1.95 bits per heavy atom. The second-order valence-corrected chi connectivity index (χ2v) is 5.52. The van der Waals surface area contributed by atoms with Crippen LogP contribution in [0.2, 0.25) is 0 Å². The molecule has 0 saturated heterocycles. The molecule has 1 N–H and O–H groups in total. The molecule has 0 atom stereocenters. The van der Waals surface area contributed by atoms with Gasteiger partial charge in [0.2, 0.25) is 0 Å². The van der Waals surface area contributed by atoms with Crippen molar-refractivity contribution in [3.8, 4) is 5.75 Å². The summed E-state index contributed by atoms with van der Waals surface area (Å²) < 4.78 is 6.55. The Bertz CT molecular complexity index is 650. The van der Waals surface area contributed by atoms with E-state index in [9.17, 15) is 4.79 Å². The van der Waals surface area contributed by atoms with Crippen LogP contribution >= 0.6 is 15.9 Å². The van der Waals surface area contributed by atoms with Crippen molar-refractivity contribution in [2.24, 2.45) is 0 Å². The third kappa shape index (κ3) is 3.39. The molecule has 2 aromatic rings. The number of carboxylic acid groups (broad SMARTS) is 1. The van der Waals surface area contributed by atoms with Crippen molar-refractivity contribution in [1.82, 2.24) is 0 Å². The minimum atomic E-state index is -0.937. The topological polar surface area (TPSA) is 46.5 Å². The number of aromatic carboxylic acids is 1. The monoisotopic (exact) mass is 334 g/mol. The third-order valence-electron chi connectivity index (χ3n) is 3.03. The van der Waals surface area contributed by atoms with Gasteiger partial charge in [0.05, 0.1) is 5.56 Å². The molecular weight excluding hydrogens is 320 g/mol. The number of benzene rings is 2. The van der Waals surface area contributed by atoms with E-state index in [0.29, 0.717) is 6.61 Å². The van der Waals surface area contributed by atoms with E-state index in [-0.39, 0.29) is 5.56 Å². The number of hydrogen-bond acceptors (Lipinski definition) is 2. The van der Waals surface area contributed by atoms with Crippen LogP contribution in [0.4, 0.5) is 0 Å². The zero-order valence-corrected chi connectivity index (χ0v) is 12.9. The van der Waals surface area contributed by atoms with Crippen molar-refractivity contribution in [1.29, 1.82) is 0 Å². The fourth-order valence-corrected chi connectivity index (χ4v) is 2.31. The summed E-state index contributed by atoms with van der Waals surface area (Å²) in [5.41, 5.74) is 3.39. The van der Waals surface area contributed by atoms with Gasteiger partial charge in [-0.15, -0.1) is 0 Å². The van der Waals surface area contributed by atoms with Crippen molar-refractivity contribution in [3.63, 3.8) is 0 Å². The molecular formula is C16H15BrO3. The van der Waals surface area contributed by atoms with Crippen molar-refractivity contribution in [3.05, 3.63) is 63.1 Å². The molecule has 0 aliphatic carbocycles. The molecule has 2 aromatic carbocycles. The molecule has 0 fully saturated rings. The van der Waals surface area contributed by atoms with Crippen LogP contribution in [0.3, 0.4) is 0 Å². The third-order valence-corrected chi connectivity index (χ3v) is 3.77. The molecule has 0 spiro atoms. The Balaban J connectivity index is 2.15. The zero-order valence-electron chi connectivity index (χ0n) is 11.3. The van der Waals surface area contributed by atoms with E-state index in [4.69, 9.17) is 9.84 Å². The van der Waals surface area contributed by atoms with Crippen molar-refractivity contribution < 1.29 is 14.6 Å². The van der Waals surface area contributed by atoms with Gasteiger partial charge >= 0.3 is 5.97 Å². The highest BCUT2D eigenvalue weighted by molar-refractivity contribution is 9.10. The number of hydrogen-bond donors (Lipinski definition) is 1. The molecule has 0 aliphatic heterocycles. The van der Waals surface area contributed by atoms with Gasteiger partial charge in [-0.2, -0.15) is 0 Å². The van der Waals surface area contributed by atoms with Gasteiger partial charge in [-0.3, -0.25) is 0 Å². The number of halogens is 1. The average molecular weight is 335 g/mol. The zero-order chi connectivity index (χ0) is 14.7. The van der Waals surface area contributed by atoms with Crippen LogP contribution in [-0.4, -0.2) is 11.1 Å². The molecule has 0 radical (unpaired) electrons. The lowest BCUT2D eigenvalue weighted by Crippen LogP contribution is -2.01. The van der Waals surface area contributed by atoms with E-state index in [0.717, 1.165) is 26.9 Å². The Labute approximate surface area is 126 Å². The van der Waals surface area contributed by atoms with Gasteiger partial charge in [0.15, 0.2) is 0 Å². The maximum Gasteiger partial charge on any atom is 0.335 e. The van der Waals surface area contributed by atoms with Crippen LogP contribution in [0.1, 0.15) is 27.0 Å². The largest absolute Gasteiger partial charge is 0.489 e. The predicted octanol–water partition coefficient (Wildman–Crippen LogP) is 4.34. The van der Waals surface area contributed by atoms with E-state index >= 15 is 0 Å². The first-order valence-electron chi connectivity index (χ1n) is 6.19. The molecule has 0 unspecified atom stereocenters. The first-order valence-corrected chi connectivity index (χ1v) is 6.98. The fraction of sp³-hybridized carbons (Fsp3) is 0.188. The molecule has 104 valence electrons. The molecule has 0 heterocycles. The molecule has 0 aliphatic rings. The van der Waals surface area contributed by atoms with Gasteiger partial charge in [-0.25, -0.2) is 4.79 Å². The van der Waals surface area contributed by atoms with E-state index in [2.05, 4.69) is 15.9 Å². The second-order valence-electron chi connectivity index (χ2n) is 4.67. The van der Waals surface area contributed by atoms with Crippen LogP contribution < -0.4 is 4.74 Å². The maximum atomic E-state index is 10.9. The van der Waals surface area contributed by atoms with Gasteiger partial charge < -0.3 is 9.84 Å². The van der Waals surface area contributed by atoms with Crippen LogP contribution in [0.25, 0.3) is 0 Å². The van der Waals surface area contributed by atoms with Gasteiger partial charge in [0.25, 0.3) is 0 Å². The first kappa shape index (κ1) is 14.6. The normalized spacial score (nSPS) is 10.3. The molecule has 0 saturated carbocycles. The van der Waals surface area contributed by atoms with Gasteiger partial charge in [0, 0.05) is 10.0 Å². The van der Waals surface area contributed by atoms with Crippen molar-refractivity contribution in [2.75, 3.05) is 0 Å². The fourth-order valence-electron chi connectivity index (χ4n) is 1.82. The average Bonchev–Trinajstić information content (AvgIpc) is 2.40. The summed E-state index contributed by atoms with van der Waals surface area (Å²) in [5.74, 6) is -0.0908. The Kier molecular flexibility index (Phi) is 4.45. The van der Waals surface area contributed by atoms with Crippen LogP contribution in [0.5, 0.6) is 5.75 Å². The lowest BCUT2D eigenvalue weighted by molar-refractivity contribution is 0.0696. The highest BCUT2D eigenvalue weighted by Crippen LogP contribution is 2.23. The number of carboxylic acids is 1. The van der Waals surface area contributed by atoms with Crippen molar-refractivity contribution >= 4 is 21.9 Å². The predicted molar refractivity (Wildman–Crippen MR) is 81.3 cm³/mol. The van der Waals surface area contributed by atoms with E-state index in [1.165, 1.54) is 0 Å². The summed E-state index contributed by atoms with van der Waals surface area (Å²) >= 11 is 3.38. The first-order chi connectivity index (χ1) is 9.47. The Morgan fingerprint density at radius 1 is 1.20 bits per heavy atom. The lowest BCUT2D eigenvalue weighted by Gasteiger charge is -2.11. The summed E-state index contributed by atoms with van der Waals surface area (Å²) in [4.78, 5) is 10.9. The second kappa shape index (κ2) is 6.09. The van der Waals surface area contributed by atoms with E-state index < -0.39 is 5.97 Å². The molecule has 4 heteroatoms. The quantitative estimate of drug-likeness (QED) is 0.904. The van der Waals surface area contributed by atoms with Gasteiger partial charge in [0.1, 0.15) is 12.4 Å². The van der Waals surface area contributed by atoms with E-state index in [1.807, 2.05) is 32.0 Å². The number of ether oxygens (including phenoxy) is 1. The summed E-state index contributed by atoms with van der Waals surface area (Å²) in [6.45, 7) is 4.41. The lowest BCUT2D eigenvalue weighted by atomic mass is 10.1. The molecule has 0 amide bonds. The Hall–Kier alpha value is -1.81. The maximum absolute atomic E-state index is 10.9. The van der Waals surface area contributed by atoms with E-state index in [1.54, 1.807) is 18.2 Å². The van der Waals surface area contributed by atoms with Crippen LogP contribution in [0, 0.1) is 13.8 Å². The smallest absolute Gasteiger partial charge is 0.335 e. The molecule has 20 heavy (non-hydrogen) atoms. The van der Waals surface area contributed by atoms with Crippen molar-refractivity contribution in [2.45, 2.75) is 20.5 Å². The SMILES string of the molecule is Cc1ccc(C)c(OCc2ccc(C(=O)O)cc2Br)c1. The number of carbonyl (C=O) groups is 1. The minimum Gasteiger partial charge on any atom is -0.489 e. The summed E-state index contributed by atoms with van der Waals surface area (Å²) in [5, 5.41) is 8.92. The molecule has 3 nitrogen and oxygen atoms in total. The summed E-state index contributed by atoms with van der Waals surface area (Å²) in [6, 6.07) is 11.0. The standard InChI is InChI=1S/C16H15BrO3/c1-10-3-4-11(2)15(7-10)20-9-13-6-5-12(16(18)19)8-14(13)17/h3-8H,9H2,1-2H3,(H,18,19). The molecule has 0 bridgehead atoms. The van der Waals surface area contributed by atoms with Gasteiger partial charge in [-0.05, 0) is 43.2 Å². The highest BCUT2D eigenvalue weighted by atomic mass is 79.9. The summed E-state index contributed by atoms with van der Waals surface area (Å²) in [6.07, 6.45) is 0. The Morgan fingerprint density at radius 3 is 2.60 bits per heavy atom. The van der Waals surface area contributed by atoms with Crippen LogP contribution in [0.15, 0.2) is 40.9 Å². The minimum absolute atomic E-state index is 0.257. The summed E-state index contributed by atoms with van der Waals surface area (Å²) in [7, 11) is 0. The number of aryl methyl sites for hydroxylation is 2. The van der Waals surface area contributed by atoms with Gasteiger partial charge in [-0.1, -0.05) is 34.1 Å². The molecule has 2 rings (SSSR count).